The molecule has 28 heavy (non-hydrogen) atoms. The Kier molecular flexibility index (Phi) is 4.67. The first-order valence-corrected chi connectivity index (χ1v) is 10.1. The Hall–Kier alpha value is -2.39. The molecule has 2 aromatic rings. The normalized spacial score (nSPS) is 21.7. The summed E-state index contributed by atoms with van der Waals surface area (Å²) in [7, 11) is 0. The third-order valence-corrected chi connectivity index (χ3v) is 6.23. The number of carbonyl (C=O) groups is 2. The molecule has 1 aliphatic carbocycles. The zero-order chi connectivity index (χ0) is 20.1. The fourth-order valence-corrected chi connectivity index (χ4v) is 4.67. The predicted molar refractivity (Wildman–Crippen MR) is 113 cm³/mol. The molecule has 0 bridgehead atoms. The summed E-state index contributed by atoms with van der Waals surface area (Å²) in [5.74, 6) is -0.0104. The van der Waals surface area contributed by atoms with E-state index in [0.717, 1.165) is 28.1 Å². The number of carbonyl (C=O) groups excluding carboxylic acids is 2. The number of rotatable bonds is 2. The molecule has 0 saturated heterocycles. The number of hydrogen-bond donors (Lipinski definition) is 0. The van der Waals surface area contributed by atoms with Gasteiger partial charge in [-0.25, -0.2) is 0 Å². The Morgan fingerprint density at radius 3 is 2.43 bits per heavy atom. The Morgan fingerprint density at radius 1 is 1.00 bits per heavy atom. The summed E-state index contributed by atoms with van der Waals surface area (Å²) < 4.78 is 0. The van der Waals surface area contributed by atoms with Gasteiger partial charge in [-0.1, -0.05) is 61.8 Å². The van der Waals surface area contributed by atoms with Gasteiger partial charge in [0.2, 0.25) is 5.91 Å². The van der Waals surface area contributed by atoms with Crippen LogP contribution in [0, 0.1) is 12.3 Å². The van der Waals surface area contributed by atoms with Gasteiger partial charge in [0.05, 0.1) is 5.69 Å². The van der Waals surface area contributed by atoms with Gasteiger partial charge >= 0.3 is 0 Å². The van der Waals surface area contributed by atoms with Crippen molar-refractivity contribution in [2.24, 2.45) is 5.41 Å². The number of allylic oxidation sites excluding steroid dienone is 2. The quantitative estimate of drug-likeness (QED) is 0.645. The molecule has 0 spiro atoms. The highest BCUT2D eigenvalue weighted by molar-refractivity contribution is 6.31. The summed E-state index contributed by atoms with van der Waals surface area (Å²) >= 11 is 6.34. The molecule has 1 aliphatic heterocycles. The molecule has 4 rings (SSSR count). The van der Waals surface area contributed by atoms with Gasteiger partial charge in [-0.3, -0.25) is 14.5 Å². The first kappa shape index (κ1) is 18.9. The summed E-state index contributed by atoms with van der Waals surface area (Å²) in [6, 6.07) is 15.5. The van der Waals surface area contributed by atoms with Crippen molar-refractivity contribution in [2.45, 2.75) is 46.0 Å². The molecule has 2 aliphatic rings. The van der Waals surface area contributed by atoms with Crippen molar-refractivity contribution in [2.75, 3.05) is 4.90 Å². The van der Waals surface area contributed by atoms with Gasteiger partial charge in [-0.2, -0.15) is 0 Å². The van der Waals surface area contributed by atoms with Gasteiger partial charge in [0.1, 0.15) is 0 Å². The minimum Gasteiger partial charge on any atom is -0.294 e. The van der Waals surface area contributed by atoms with E-state index in [9.17, 15) is 9.59 Å². The lowest BCUT2D eigenvalue weighted by atomic mass is 9.69. The van der Waals surface area contributed by atoms with Crippen molar-refractivity contribution < 1.29 is 9.59 Å². The second-order valence-corrected chi connectivity index (χ2v) is 8.99. The molecule has 3 nitrogen and oxygen atoms in total. The van der Waals surface area contributed by atoms with E-state index in [0.29, 0.717) is 24.3 Å². The van der Waals surface area contributed by atoms with Crippen LogP contribution in [0.3, 0.4) is 0 Å². The van der Waals surface area contributed by atoms with Crippen LogP contribution in [0.25, 0.3) is 0 Å². The van der Waals surface area contributed by atoms with E-state index < -0.39 is 0 Å². The lowest BCUT2D eigenvalue weighted by Crippen LogP contribution is -2.44. The van der Waals surface area contributed by atoms with Crippen molar-refractivity contribution in [1.82, 2.24) is 0 Å². The standard InChI is InChI=1S/C24H24ClNO2/c1-15-18(25)10-7-11-19(15)26-20-13-24(2,3)14-21(27)23(20)17(12-22(26)28)16-8-5-4-6-9-16/h4-11,17H,12-14H2,1-3H3. The van der Waals surface area contributed by atoms with Crippen LogP contribution >= 0.6 is 11.6 Å². The lowest BCUT2D eigenvalue weighted by molar-refractivity contribution is -0.121. The van der Waals surface area contributed by atoms with Crippen molar-refractivity contribution in [1.29, 1.82) is 0 Å². The highest BCUT2D eigenvalue weighted by atomic mass is 35.5. The first-order chi connectivity index (χ1) is 13.3. The monoisotopic (exact) mass is 393 g/mol. The lowest BCUT2D eigenvalue weighted by Gasteiger charge is -2.43. The van der Waals surface area contributed by atoms with Gasteiger partial charge in [-0.15, -0.1) is 0 Å². The molecule has 0 aromatic heterocycles. The maximum absolute atomic E-state index is 13.4. The summed E-state index contributed by atoms with van der Waals surface area (Å²) in [4.78, 5) is 28.4. The van der Waals surface area contributed by atoms with Gasteiger partial charge in [-0.05, 0) is 42.0 Å². The molecule has 4 heteroatoms. The molecule has 0 N–H and O–H groups in total. The van der Waals surface area contributed by atoms with E-state index in [1.807, 2.05) is 55.5 Å². The van der Waals surface area contributed by atoms with E-state index in [-0.39, 0.29) is 23.0 Å². The molecule has 0 radical (unpaired) electrons. The first-order valence-electron chi connectivity index (χ1n) is 9.68. The Bertz CT molecular complexity index is 991. The van der Waals surface area contributed by atoms with E-state index in [1.54, 1.807) is 4.90 Å². The van der Waals surface area contributed by atoms with Crippen LogP contribution in [0.5, 0.6) is 0 Å². The van der Waals surface area contributed by atoms with Crippen molar-refractivity contribution in [3.8, 4) is 0 Å². The highest BCUT2D eigenvalue weighted by Crippen LogP contribution is 2.48. The second-order valence-electron chi connectivity index (χ2n) is 8.58. The Balaban J connectivity index is 1.94. The Labute approximate surface area is 171 Å². The van der Waals surface area contributed by atoms with Gasteiger partial charge in [0, 0.05) is 35.1 Å². The molecule has 2 aromatic carbocycles. The number of halogens is 1. The zero-order valence-electron chi connectivity index (χ0n) is 16.5. The van der Waals surface area contributed by atoms with Gasteiger partial charge < -0.3 is 0 Å². The molecule has 144 valence electrons. The number of ketones is 1. The van der Waals surface area contributed by atoms with Crippen LogP contribution in [-0.4, -0.2) is 11.7 Å². The number of Topliss-reactive ketones (excluding diaryl/α,β-unsaturated/α-hetero) is 1. The number of benzene rings is 2. The molecular formula is C24H24ClNO2. The smallest absolute Gasteiger partial charge is 0.232 e. The molecule has 1 atom stereocenters. The van der Waals surface area contributed by atoms with Crippen LogP contribution in [0.4, 0.5) is 5.69 Å². The fraction of sp³-hybridized carbons (Fsp3) is 0.333. The molecule has 0 fully saturated rings. The van der Waals surface area contributed by atoms with Crippen LogP contribution in [0.15, 0.2) is 59.8 Å². The van der Waals surface area contributed by atoms with Crippen molar-refractivity contribution in [3.05, 3.63) is 76.0 Å². The molecule has 1 heterocycles. The predicted octanol–water partition coefficient (Wildman–Crippen LogP) is 5.81. The number of nitrogens with zero attached hydrogens (tertiary/aromatic N) is 1. The fourth-order valence-electron chi connectivity index (χ4n) is 4.50. The van der Waals surface area contributed by atoms with E-state index in [1.165, 1.54) is 0 Å². The van der Waals surface area contributed by atoms with Gasteiger partial charge in [0.15, 0.2) is 5.78 Å². The third-order valence-electron chi connectivity index (χ3n) is 5.82. The molecule has 1 unspecified atom stereocenters. The number of hydrogen-bond acceptors (Lipinski definition) is 2. The molecular weight excluding hydrogens is 370 g/mol. The van der Waals surface area contributed by atoms with Crippen LogP contribution in [0.1, 0.15) is 50.2 Å². The van der Waals surface area contributed by atoms with Crippen LogP contribution in [0.2, 0.25) is 5.02 Å². The maximum atomic E-state index is 13.4. The summed E-state index contributed by atoms with van der Waals surface area (Å²) in [6.07, 6.45) is 1.49. The SMILES string of the molecule is Cc1c(Cl)cccc1N1C(=O)CC(c2ccccc2)C2=C1CC(C)(C)CC2=O. The average Bonchev–Trinajstić information content (AvgIpc) is 2.63. The number of anilines is 1. The summed E-state index contributed by atoms with van der Waals surface area (Å²) in [6.45, 7) is 6.10. The maximum Gasteiger partial charge on any atom is 0.232 e. The van der Waals surface area contributed by atoms with Gasteiger partial charge in [0.25, 0.3) is 0 Å². The highest BCUT2D eigenvalue weighted by Gasteiger charge is 2.44. The average molecular weight is 394 g/mol. The van der Waals surface area contributed by atoms with Crippen molar-refractivity contribution in [3.63, 3.8) is 0 Å². The van der Waals surface area contributed by atoms with Crippen molar-refractivity contribution >= 4 is 29.0 Å². The summed E-state index contributed by atoms with van der Waals surface area (Å²) in [5.41, 5.74) is 4.12. The van der Waals surface area contributed by atoms with E-state index in [2.05, 4.69) is 13.8 Å². The third kappa shape index (κ3) is 3.18. The Morgan fingerprint density at radius 2 is 1.71 bits per heavy atom. The van der Waals surface area contributed by atoms with Crippen LogP contribution in [-0.2, 0) is 9.59 Å². The second kappa shape index (κ2) is 6.89. The van der Waals surface area contributed by atoms with E-state index >= 15 is 0 Å². The largest absolute Gasteiger partial charge is 0.294 e. The van der Waals surface area contributed by atoms with E-state index in [4.69, 9.17) is 11.6 Å². The van der Waals surface area contributed by atoms with Crippen LogP contribution < -0.4 is 4.90 Å². The molecule has 0 saturated carbocycles. The summed E-state index contributed by atoms with van der Waals surface area (Å²) in [5, 5.41) is 0.624. The minimum atomic E-state index is -0.181. The number of amides is 1. The molecule has 1 amide bonds. The minimum absolute atomic E-state index is 0.0171. The topological polar surface area (TPSA) is 37.4 Å². The zero-order valence-corrected chi connectivity index (χ0v) is 17.2.